The lowest BCUT2D eigenvalue weighted by Gasteiger charge is -2.34. The summed E-state index contributed by atoms with van der Waals surface area (Å²) in [6.45, 7) is 2.67. The third-order valence-corrected chi connectivity index (χ3v) is 5.62. The van der Waals surface area contributed by atoms with E-state index in [0.717, 1.165) is 11.9 Å². The zero-order valence-electron chi connectivity index (χ0n) is 17.3. The van der Waals surface area contributed by atoms with Crippen molar-refractivity contribution < 1.29 is 18.7 Å². The van der Waals surface area contributed by atoms with Crippen LogP contribution in [0.5, 0.6) is 0 Å². The number of aromatic nitrogens is 2. The van der Waals surface area contributed by atoms with Crippen molar-refractivity contribution in [2.75, 3.05) is 24.6 Å². The Labute approximate surface area is 179 Å². The molecule has 9 heteroatoms. The third kappa shape index (κ3) is 4.26. The van der Waals surface area contributed by atoms with Crippen LogP contribution in [-0.4, -0.2) is 52.8 Å². The summed E-state index contributed by atoms with van der Waals surface area (Å²) >= 11 is 0. The first-order valence-corrected chi connectivity index (χ1v) is 10.4. The highest BCUT2D eigenvalue weighted by molar-refractivity contribution is 5.88. The largest absolute Gasteiger partial charge is 0.461 e. The molecule has 2 aliphatic rings. The van der Waals surface area contributed by atoms with E-state index in [9.17, 15) is 14.0 Å². The predicted molar refractivity (Wildman–Crippen MR) is 112 cm³/mol. The highest BCUT2D eigenvalue weighted by Gasteiger charge is 2.35. The van der Waals surface area contributed by atoms with Gasteiger partial charge in [-0.25, -0.2) is 24.2 Å². The maximum Gasteiger partial charge on any atom is 0.360 e. The Kier molecular flexibility index (Phi) is 6.20. The minimum absolute atomic E-state index is 0.0161. The molecule has 2 aromatic rings. The van der Waals surface area contributed by atoms with Gasteiger partial charge in [0.05, 0.1) is 12.6 Å². The van der Waals surface area contributed by atoms with Gasteiger partial charge in [0.15, 0.2) is 17.3 Å². The second-order valence-electron chi connectivity index (χ2n) is 7.48. The first-order valence-electron chi connectivity index (χ1n) is 10.4. The molecule has 1 saturated heterocycles. The number of nitrogens with zero attached hydrogens (tertiary/aromatic N) is 5. The second-order valence-corrected chi connectivity index (χ2v) is 7.48. The lowest BCUT2D eigenvalue weighted by atomic mass is 9.94. The Morgan fingerprint density at radius 2 is 1.90 bits per heavy atom. The average Bonchev–Trinajstić information content (AvgIpc) is 3.30. The highest BCUT2D eigenvalue weighted by atomic mass is 19.1. The lowest BCUT2D eigenvalue weighted by molar-refractivity contribution is -0.138. The monoisotopic (exact) mass is 425 g/mol. The van der Waals surface area contributed by atoms with Crippen LogP contribution in [0.15, 0.2) is 41.8 Å². The number of amides is 1. The number of halogens is 1. The quantitative estimate of drug-likeness (QED) is 0.685. The molecular formula is C22H24FN5O3. The number of carbonyl (C=O) groups is 2. The van der Waals surface area contributed by atoms with Gasteiger partial charge in [-0.15, -0.1) is 0 Å². The molecule has 0 radical (unpaired) electrons. The summed E-state index contributed by atoms with van der Waals surface area (Å²) in [7, 11) is 0. The van der Waals surface area contributed by atoms with Gasteiger partial charge in [0.1, 0.15) is 6.33 Å². The molecule has 1 fully saturated rings. The molecule has 4 rings (SSSR count). The summed E-state index contributed by atoms with van der Waals surface area (Å²) < 4.78 is 19.7. The fraction of sp³-hybridized carbons (Fsp3) is 0.409. The summed E-state index contributed by atoms with van der Waals surface area (Å²) in [6, 6.07) is 9.77. The number of ether oxygens (including phenoxy) is 1. The number of anilines is 1. The number of carbonyl (C=O) groups excluding carboxylic acids is 2. The van der Waals surface area contributed by atoms with E-state index in [0.29, 0.717) is 32.4 Å². The molecule has 162 valence electrons. The fourth-order valence-electron chi connectivity index (χ4n) is 4.03. The van der Waals surface area contributed by atoms with Gasteiger partial charge in [0, 0.05) is 31.6 Å². The average molecular weight is 425 g/mol. The van der Waals surface area contributed by atoms with E-state index in [1.54, 1.807) is 23.0 Å². The van der Waals surface area contributed by atoms with Gasteiger partial charge >= 0.3 is 5.97 Å². The topological polar surface area (TPSA) is 88.0 Å². The third-order valence-electron chi connectivity index (χ3n) is 5.62. The molecule has 0 aliphatic carbocycles. The van der Waals surface area contributed by atoms with Crippen LogP contribution in [0.4, 0.5) is 10.2 Å². The zero-order valence-corrected chi connectivity index (χ0v) is 17.3. The Bertz CT molecular complexity index is 976. The van der Waals surface area contributed by atoms with Crippen LogP contribution < -0.4 is 4.90 Å². The van der Waals surface area contributed by atoms with Crippen LogP contribution in [-0.2, 0) is 9.53 Å². The molecule has 2 aliphatic heterocycles. The normalized spacial score (nSPS) is 19.0. The molecule has 0 bridgehead atoms. The number of hydrogen-bond acceptors (Lipinski definition) is 7. The van der Waals surface area contributed by atoms with Gasteiger partial charge < -0.3 is 9.64 Å². The van der Waals surface area contributed by atoms with Crippen LogP contribution in [0.3, 0.4) is 0 Å². The van der Waals surface area contributed by atoms with Crippen molar-refractivity contribution in [3.8, 4) is 0 Å². The van der Waals surface area contributed by atoms with E-state index in [2.05, 4.69) is 15.1 Å². The molecule has 3 heterocycles. The minimum Gasteiger partial charge on any atom is -0.461 e. The summed E-state index contributed by atoms with van der Waals surface area (Å²) in [5, 5.41) is 5.90. The molecule has 1 atom stereocenters. The summed E-state index contributed by atoms with van der Waals surface area (Å²) in [5.41, 5.74) is 0.683. The molecule has 31 heavy (non-hydrogen) atoms. The Morgan fingerprint density at radius 3 is 2.61 bits per heavy atom. The predicted octanol–water partition coefficient (Wildman–Crippen LogP) is 2.97. The first-order chi connectivity index (χ1) is 15.1. The number of rotatable bonds is 5. The first kappa shape index (κ1) is 20.9. The Balaban J connectivity index is 1.42. The number of hydrogen-bond donors (Lipinski definition) is 0. The van der Waals surface area contributed by atoms with Gasteiger partial charge in [-0.2, -0.15) is 5.10 Å². The van der Waals surface area contributed by atoms with Gasteiger partial charge in [-0.1, -0.05) is 30.3 Å². The van der Waals surface area contributed by atoms with Crippen LogP contribution in [0.25, 0.3) is 0 Å². The van der Waals surface area contributed by atoms with Gasteiger partial charge in [0.2, 0.25) is 5.91 Å². The van der Waals surface area contributed by atoms with Gasteiger partial charge in [-0.3, -0.25) is 4.79 Å². The molecule has 0 N–H and O–H groups in total. The maximum absolute atomic E-state index is 14.8. The van der Waals surface area contributed by atoms with Gasteiger partial charge in [-0.05, 0) is 25.3 Å². The van der Waals surface area contributed by atoms with Crippen molar-refractivity contribution in [3.05, 3.63) is 53.7 Å². The second kappa shape index (κ2) is 9.20. The van der Waals surface area contributed by atoms with E-state index >= 15 is 0 Å². The number of esters is 1. The van der Waals surface area contributed by atoms with E-state index in [4.69, 9.17) is 4.74 Å². The minimum atomic E-state index is -0.812. The van der Waals surface area contributed by atoms with Crippen molar-refractivity contribution >= 4 is 23.9 Å². The van der Waals surface area contributed by atoms with Crippen molar-refractivity contribution in [2.24, 2.45) is 11.0 Å². The van der Waals surface area contributed by atoms with E-state index < -0.39 is 11.8 Å². The number of piperidine rings is 1. The zero-order chi connectivity index (χ0) is 21.8. The fourth-order valence-corrected chi connectivity index (χ4v) is 4.03. The molecular weight excluding hydrogens is 401 g/mol. The maximum atomic E-state index is 14.8. The van der Waals surface area contributed by atoms with Crippen LogP contribution >= 0.6 is 0 Å². The van der Waals surface area contributed by atoms with E-state index in [1.807, 2.05) is 30.3 Å². The van der Waals surface area contributed by atoms with Gasteiger partial charge in [0.25, 0.3) is 0 Å². The molecule has 0 spiro atoms. The molecule has 1 amide bonds. The molecule has 8 nitrogen and oxygen atoms in total. The SMILES string of the molecule is CCOC(=O)c1ncnc(N2CCC(C(=O)N3N=CC[C@H]3c3ccccc3)CC2)c1F. The number of benzene rings is 1. The Morgan fingerprint density at radius 1 is 1.16 bits per heavy atom. The molecule has 1 aromatic carbocycles. The van der Waals surface area contributed by atoms with Crippen LogP contribution in [0, 0.1) is 11.7 Å². The molecule has 0 saturated carbocycles. The summed E-state index contributed by atoms with van der Waals surface area (Å²) in [5.74, 6) is -1.76. The Hall–Kier alpha value is -3.36. The number of hydrazone groups is 1. The van der Waals surface area contributed by atoms with E-state index in [1.165, 1.54) is 0 Å². The van der Waals surface area contributed by atoms with Crippen LogP contribution in [0.2, 0.25) is 0 Å². The standard InChI is InChI=1S/C22H24FN5O3/c1-2-31-22(30)19-18(23)20(25-14-24-19)27-12-9-16(10-13-27)21(29)28-17(8-11-26-28)15-6-4-3-5-7-15/h3-7,11,14,16-17H,2,8-10,12-13H2,1H3/t17-/m0/s1. The summed E-state index contributed by atoms with van der Waals surface area (Å²) in [6.07, 6.45) is 4.72. The highest BCUT2D eigenvalue weighted by Crippen LogP contribution is 2.32. The van der Waals surface area contributed by atoms with E-state index in [-0.39, 0.29) is 36.0 Å². The van der Waals surface area contributed by atoms with Crippen molar-refractivity contribution in [1.82, 2.24) is 15.0 Å². The van der Waals surface area contributed by atoms with Crippen LogP contribution in [0.1, 0.15) is 48.3 Å². The lowest BCUT2D eigenvalue weighted by Crippen LogP contribution is -2.41. The van der Waals surface area contributed by atoms with Crippen molar-refractivity contribution in [3.63, 3.8) is 0 Å². The van der Waals surface area contributed by atoms with Crippen molar-refractivity contribution in [2.45, 2.75) is 32.2 Å². The molecule has 1 aromatic heterocycles. The van der Waals surface area contributed by atoms with Crippen molar-refractivity contribution in [1.29, 1.82) is 0 Å². The smallest absolute Gasteiger partial charge is 0.360 e. The molecule has 0 unspecified atom stereocenters. The summed E-state index contributed by atoms with van der Waals surface area (Å²) in [4.78, 5) is 34.5.